The molecule has 0 amide bonds. The van der Waals surface area contributed by atoms with Gasteiger partial charge in [0.1, 0.15) is 0 Å². The van der Waals surface area contributed by atoms with E-state index in [4.69, 9.17) is 0 Å². The monoisotopic (exact) mass is 836 g/mol. The van der Waals surface area contributed by atoms with Crippen LogP contribution in [0.1, 0.15) is 50.6 Å². The number of allylic oxidation sites excluding steroid dienone is 1. The van der Waals surface area contributed by atoms with Crippen LogP contribution in [0.3, 0.4) is 0 Å². The van der Waals surface area contributed by atoms with Gasteiger partial charge in [-0.15, -0.1) is 22.7 Å². The summed E-state index contributed by atoms with van der Waals surface area (Å²) in [5.41, 5.74) is 17.6. The maximum atomic E-state index is 2.38. The summed E-state index contributed by atoms with van der Waals surface area (Å²) in [6.45, 7) is 0. The summed E-state index contributed by atoms with van der Waals surface area (Å²) in [7, 11) is 0. The lowest BCUT2D eigenvalue weighted by Gasteiger charge is -2.34. The van der Waals surface area contributed by atoms with Gasteiger partial charge in [-0.25, -0.2) is 0 Å². The van der Waals surface area contributed by atoms with E-state index in [1.807, 2.05) is 22.7 Å². The summed E-state index contributed by atoms with van der Waals surface area (Å²) < 4.78 is 4.06. The second-order valence-corrected chi connectivity index (χ2v) is 19.2. The second-order valence-electron chi connectivity index (χ2n) is 17.0. The van der Waals surface area contributed by atoms with Gasteiger partial charge in [-0.1, -0.05) is 212 Å². The van der Waals surface area contributed by atoms with Crippen LogP contribution in [0, 0.1) is 0 Å². The molecule has 0 saturated carbocycles. The van der Waals surface area contributed by atoms with E-state index in [0.29, 0.717) is 5.92 Å². The fourth-order valence-corrected chi connectivity index (χ4v) is 13.4. The molecule has 9 aromatic carbocycles. The van der Waals surface area contributed by atoms with Crippen molar-refractivity contribution in [2.24, 2.45) is 0 Å². The summed E-state index contributed by atoms with van der Waals surface area (Å²) in [5, 5.41) is 4.04. The number of hydrogen-bond acceptors (Lipinski definition) is 2. The maximum Gasteiger partial charge on any atom is 0.0713 e. The molecule has 1 unspecified atom stereocenters. The molecule has 296 valence electrons. The number of fused-ring (bicyclic) bond motifs is 9. The van der Waals surface area contributed by atoms with Crippen molar-refractivity contribution in [1.82, 2.24) is 0 Å². The van der Waals surface area contributed by atoms with Gasteiger partial charge in [0.25, 0.3) is 0 Å². The molecular formula is C61H40S2. The molecule has 0 radical (unpaired) electrons. The predicted octanol–water partition coefficient (Wildman–Crippen LogP) is 17.2. The first-order chi connectivity index (χ1) is 31.2. The van der Waals surface area contributed by atoms with Crippen LogP contribution in [0.4, 0.5) is 0 Å². The Morgan fingerprint density at radius 1 is 0.381 bits per heavy atom. The second kappa shape index (κ2) is 14.5. The largest absolute Gasteiger partial charge is 0.139 e. The van der Waals surface area contributed by atoms with Gasteiger partial charge in [-0.2, -0.15) is 0 Å². The van der Waals surface area contributed by atoms with Gasteiger partial charge >= 0.3 is 0 Å². The van der Waals surface area contributed by atoms with E-state index in [1.54, 1.807) is 0 Å². The molecule has 0 fully saturated rings. The summed E-state index contributed by atoms with van der Waals surface area (Å²) in [5.74, 6) is 0.389. The molecule has 2 heterocycles. The Kier molecular flexibility index (Phi) is 8.41. The first kappa shape index (κ1) is 36.5. The quantitative estimate of drug-likeness (QED) is 0.157. The number of rotatable bonds is 6. The van der Waals surface area contributed by atoms with E-state index in [9.17, 15) is 0 Å². The van der Waals surface area contributed by atoms with Gasteiger partial charge in [-0.3, -0.25) is 0 Å². The average Bonchev–Trinajstić information content (AvgIpc) is 4.03. The standard InChI is InChI=1S/C61H40S2/c1-5-19-55-49(11-1)50-12-2-6-20-56(50)61(55,45-35-31-41(32-36-45)39-23-27-43(28-24-39)47-15-9-17-53-51-13-3-7-21-57(51)62-59(47)53)46-37-33-42(34-38-46)40-25-29-44(30-26-40)48-16-10-18-54-52-14-4-8-22-58(52)63-60(48)54/h1-15,17-38,48H,16H2. The summed E-state index contributed by atoms with van der Waals surface area (Å²) in [4.78, 5) is 1.49. The fraction of sp³-hybridized carbons (Fsp3) is 0.0492. The predicted molar refractivity (Wildman–Crippen MR) is 270 cm³/mol. The fourth-order valence-electron chi connectivity index (χ4n) is 10.8. The molecular weight excluding hydrogens is 797 g/mol. The van der Waals surface area contributed by atoms with Crippen LogP contribution in [0.25, 0.3) is 80.8 Å². The molecule has 0 nitrogen and oxygen atoms in total. The molecule has 2 aliphatic rings. The van der Waals surface area contributed by atoms with E-state index < -0.39 is 5.41 Å². The Morgan fingerprint density at radius 2 is 0.857 bits per heavy atom. The van der Waals surface area contributed by atoms with Crippen molar-refractivity contribution in [2.75, 3.05) is 0 Å². The SMILES string of the molecule is C1=Cc2c(sc3ccccc23)C(c2ccc(-c3ccc(C4(c5ccc(-c6ccc(-c7cccc8c7sc7ccccc78)cc6)cc5)c5ccccc5-c5ccccc54)cc3)cc2)C1. The Hall–Kier alpha value is -7.10. The minimum atomic E-state index is -0.461. The highest BCUT2D eigenvalue weighted by atomic mass is 32.1. The Morgan fingerprint density at radius 3 is 1.49 bits per heavy atom. The first-order valence-electron chi connectivity index (χ1n) is 21.9. The highest BCUT2D eigenvalue weighted by Crippen LogP contribution is 2.56. The van der Waals surface area contributed by atoms with Crippen LogP contribution in [-0.2, 0) is 5.41 Å². The number of hydrogen-bond donors (Lipinski definition) is 0. The smallest absolute Gasteiger partial charge is 0.0713 e. The molecule has 2 heteroatoms. The van der Waals surface area contributed by atoms with Crippen molar-refractivity contribution in [3.05, 3.63) is 257 Å². The van der Waals surface area contributed by atoms with Gasteiger partial charge in [0.05, 0.1) is 5.41 Å². The third kappa shape index (κ3) is 5.65. The van der Waals surface area contributed by atoms with Gasteiger partial charge < -0.3 is 0 Å². The lowest BCUT2D eigenvalue weighted by Crippen LogP contribution is -2.28. The summed E-state index contributed by atoms with van der Waals surface area (Å²) in [6, 6.07) is 79.6. The van der Waals surface area contributed by atoms with Gasteiger partial charge in [-0.05, 0) is 102 Å². The molecule has 0 N–H and O–H groups in total. The average molecular weight is 837 g/mol. The first-order valence-corrected chi connectivity index (χ1v) is 23.6. The highest BCUT2D eigenvalue weighted by molar-refractivity contribution is 7.26. The van der Waals surface area contributed by atoms with Crippen molar-refractivity contribution >= 4 is 59.0 Å². The Labute approximate surface area is 375 Å². The zero-order chi connectivity index (χ0) is 41.5. The van der Waals surface area contributed by atoms with Crippen LogP contribution in [0.15, 0.2) is 218 Å². The maximum absolute atomic E-state index is 2.38. The van der Waals surface area contributed by atoms with Crippen molar-refractivity contribution in [2.45, 2.75) is 17.8 Å². The van der Waals surface area contributed by atoms with E-state index in [2.05, 4.69) is 224 Å². The van der Waals surface area contributed by atoms with Crippen molar-refractivity contribution < 1.29 is 0 Å². The van der Waals surface area contributed by atoms with Crippen LogP contribution in [0.2, 0.25) is 0 Å². The van der Waals surface area contributed by atoms with Crippen LogP contribution < -0.4 is 0 Å². The van der Waals surface area contributed by atoms with Crippen molar-refractivity contribution in [1.29, 1.82) is 0 Å². The summed E-state index contributed by atoms with van der Waals surface area (Å²) >= 11 is 3.84. The molecule has 2 aromatic heterocycles. The minimum absolute atomic E-state index is 0.389. The normalized spacial score (nSPS) is 14.8. The van der Waals surface area contributed by atoms with Gasteiger partial charge in [0.2, 0.25) is 0 Å². The minimum Gasteiger partial charge on any atom is -0.139 e. The Bertz CT molecular complexity index is 3520. The zero-order valence-electron chi connectivity index (χ0n) is 34.5. The molecule has 0 aliphatic heterocycles. The lowest BCUT2D eigenvalue weighted by atomic mass is 9.67. The van der Waals surface area contributed by atoms with E-state index in [1.165, 1.54) is 113 Å². The van der Waals surface area contributed by atoms with Crippen LogP contribution in [-0.4, -0.2) is 0 Å². The summed E-state index contributed by atoms with van der Waals surface area (Å²) in [6.07, 6.45) is 5.72. The lowest BCUT2D eigenvalue weighted by molar-refractivity contribution is 0.769. The van der Waals surface area contributed by atoms with Crippen molar-refractivity contribution in [3.63, 3.8) is 0 Å². The zero-order valence-corrected chi connectivity index (χ0v) is 36.1. The molecule has 2 aliphatic carbocycles. The van der Waals surface area contributed by atoms with Gasteiger partial charge in [0, 0.05) is 35.7 Å². The van der Waals surface area contributed by atoms with Crippen LogP contribution >= 0.6 is 22.7 Å². The molecule has 1 atom stereocenters. The van der Waals surface area contributed by atoms with E-state index in [0.717, 1.165) is 6.42 Å². The topological polar surface area (TPSA) is 0 Å². The molecule has 0 spiro atoms. The molecule has 0 saturated heterocycles. The van der Waals surface area contributed by atoms with E-state index in [-0.39, 0.29) is 0 Å². The van der Waals surface area contributed by atoms with Gasteiger partial charge in [0.15, 0.2) is 0 Å². The number of benzene rings is 9. The molecule has 11 aromatic rings. The third-order valence-corrected chi connectivity index (χ3v) is 16.3. The van der Waals surface area contributed by atoms with Crippen LogP contribution in [0.5, 0.6) is 0 Å². The molecule has 13 rings (SSSR count). The molecule has 63 heavy (non-hydrogen) atoms. The van der Waals surface area contributed by atoms with E-state index >= 15 is 0 Å². The van der Waals surface area contributed by atoms with Crippen molar-refractivity contribution in [3.8, 4) is 44.5 Å². The molecule has 0 bridgehead atoms. The Balaban J connectivity index is 0.848. The highest BCUT2D eigenvalue weighted by Gasteiger charge is 2.45. The number of thiophene rings is 2. The third-order valence-electron chi connectivity index (χ3n) is 13.8.